The number of hydrogen-bond acceptors (Lipinski definition) is 2. The van der Waals surface area contributed by atoms with Gasteiger partial charge in [0.15, 0.2) is 0 Å². The van der Waals surface area contributed by atoms with E-state index >= 15 is 0 Å². The second kappa shape index (κ2) is 6.06. The highest BCUT2D eigenvalue weighted by atomic mass is 15.2. The van der Waals surface area contributed by atoms with E-state index in [-0.39, 0.29) is 0 Å². The normalized spacial score (nSPS) is 29.1. The fourth-order valence-corrected chi connectivity index (χ4v) is 3.64. The number of benzene rings is 1. The topological polar surface area (TPSA) is 15.3 Å². The van der Waals surface area contributed by atoms with Crippen LogP contribution in [0.15, 0.2) is 30.3 Å². The summed E-state index contributed by atoms with van der Waals surface area (Å²) in [5, 5.41) is 3.69. The van der Waals surface area contributed by atoms with Crippen molar-refractivity contribution < 1.29 is 0 Å². The molecule has 0 aromatic heterocycles. The van der Waals surface area contributed by atoms with Crippen molar-refractivity contribution in [3.05, 3.63) is 35.9 Å². The average Bonchev–Trinajstić information content (AvgIpc) is 2.88. The van der Waals surface area contributed by atoms with Crippen molar-refractivity contribution in [2.75, 3.05) is 26.2 Å². The van der Waals surface area contributed by atoms with E-state index in [0.717, 1.165) is 12.0 Å². The van der Waals surface area contributed by atoms with Gasteiger partial charge >= 0.3 is 0 Å². The molecule has 1 N–H and O–H groups in total. The molecule has 0 radical (unpaired) electrons. The second-order valence-electron chi connectivity index (χ2n) is 6.32. The minimum atomic E-state index is 0.678. The molecule has 19 heavy (non-hydrogen) atoms. The van der Waals surface area contributed by atoms with E-state index in [2.05, 4.69) is 47.5 Å². The number of rotatable bonds is 4. The number of piperidine rings is 1. The van der Waals surface area contributed by atoms with Crippen molar-refractivity contribution in [2.45, 2.75) is 38.1 Å². The molecule has 0 aliphatic carbocycles. The molecule has 2 heterocycles. The standard InChI is InChI=1S/C17H26N2/c1-14(15-6-3-2-4-7-15)9-11-19-12-16-8-5-10-18-17(16)13-19/h2-4,6-7,14,16-18H,5,8-13H2,1H3. The van der Waals surface area contributed by atoms with Gasteiger partial charge in [-0.2, -0.15) is 0 Å². The molecule has 3 rings (SSSR count). The first-order valence-electron chi connectivity index (χ1n) is 7.83. The maximum Gasteiger partial charge on any atom is 0.0235 e. The Bertz CT molecular complexity index is 376. The predicted molar refractivity (Wildman–Crippen MR) is 80.4 cm³/mol. The van der Waals surface area contributed by atoms with E-state index in [4.69, 9.17) is 0 Å². The molecule has 0 saturated carbocycles. The third-order valence-electron chi connectivity index (χ3n) is 4.92. The van der Waals surface area contributed by atoms with E-state index < -0.39 is 0 Å². The van der Waals surface area contributed by atoms with Crippen molar-refractivity contribution in [2.24, 2.45) is 5.92 Å². The van der Waals surface area contributed by atoms with Gasteiger partial charge in [0.05, 0.1) is 0 Å². The van der Waals surface area contributed by atoms with Crippen LogP contribution in [0.4, 0.5) is 0 Å². The summed E-state index contributed by atoms with van der Waals surface area (Å²) < 4.78 is 0. The zero-order valence-corrected chi connectivity index (χ0v) is 12.0. The lowest BCUT2D eigenvalue weighted by molar-refractivity contribution is 0.308. The van der Waals surface area contributed by atoms with Gasteiger partial charge in [0.1, 0.15) is 0 Å². The van der Waals surface area contributed by atoms with Crippen LogP contribution in [0.25, 0.3) is 0 Å². The molecule has 2 aliphatic heterocycles. The summed E-state index contributed by atoms with van der Waals surface area (Å²) in [5.41, 5.74) is 1.48. The number of hydrogen-bond donors (Lipinski definition) is 1. The summed E-state index contributed by atoms with van der Waals surface area (Å²) in [6.07, 6.45) is 4.08. The lowest BCUT2D eigenvalue weighted by atomic mass is 9.94. The first kappa shape index (κ1) is 13.1. The SMILES string of the molecule is CC(CCN1CC2CCCNC2C1)c1ccccc1. The fourth-order valence-electron chi connectivity index (χ4n) is 3.64. The maximum absolute atomic E-state index is 3.69. The Hall–Kier alpha value is -0.860. The summed E-state index contributed by atoms with van der Waals surface area (Å²) in [4.78, 5) is 2.67. The quantitative estimate of drug-likeness (QED) is 0.893. The van der Waals surface area contributed by atoms with Crippen LogP contribution in [0.3, 0.4) is 0 Å². The largest absolute Gasteiger partial charge is 0.312 e. The highest BCUT2D eigenvalue weighted by Gasteiger charge is 2.33. The molecule has 1 aromatic rings. The Labute approximate surface area is 117 Å². The van der Waals surface area contributed by atoms with Gasteiger partial charge in [-0.15, -0.1) is 0 Å². The van der Waals surface area contributed by atoms with Crippen LogP contribution in [0.1, 0.15) is 37.7 Å². The Morgan fingerprint density at radius 2 is 2.11 bits per heavy atom. The van der Waals surface area contributed by atoms with Gasteiger partial charge < -0.3 is 10.2 Å². The third kappa shape index (κ3) is 3.18. The molecule has 2 fully saturated rings. The molecule has 3 atom stereocenters. The van der Waals surface area contributed by atoms with Crippen LogP contribution < -0.4 is 5.32 Å². The zero-order chi connectivity index (χ0) is 13.1. The van der Waals surface area contributed by atoms with Gasteiger partial charge in [-0.1, -0.05) is 37.3 Å². The van der Waals surface area contributed by atoms with Crippen LogP contribution in [0.5, 0.6) is 0 Å². The molecular formula is C17H26N2. The van der Waals surface area contributed by atoms with Crippen LogP contribution in [0.2, 0.25) is 0 Å². The Balaban J connectivity index is 1.48. The van der Waals surface area contributed by atoms with E-state index in [9.17, 15) is 0 Å². The van der Waals surface area contributed by atoms with Crippen molar-refractivity contribution in [1.82, 2.24) is 10.2 Å². The highest BCUT2D eigenvalue weighted by Crippen LogP contribution is 2.26. The number of nitrogens with one attached hydrogen (secondary N) is 1. The Kier molecular flexibility index (Phi) is 4.19. The summed E-state index contributed by atoms with van der Waals surface area (Å²) in [7, 11) is 0. The summed E-state index contributed by atoms with van der Waals surface area (Å²) in [5.74, 6) is 1.59. The van der Waals surface area contributed by atoms with Gasteiger partial charge in [0.25, 0.3) is 0 Å². The number of fused-ring (bicyclic) bond motifs is 1. The molecule has 0 spiro atoms. The van der Waals surface area contributed by atoms with Gasteiger partial charge in [0, 0.05) is 19.1 Å². The van der Waals surface area contributed by atoms with E-state index in [0.29, 0.717) is 5.92 Å². The third-order valence-corrected chi connectivity index (χ3v) is 4.92. The lowest BCUT2D eigenvalue weighted by Gasteiger charge is -2.24. The van der Waals surface area contributed by atoms with Gasteiger partial charge in [0.2, 0.25) is 0 Å². The summed E-state index contributed by atoms with van der Waals surface area (Å²) in [6.45, 7) is 7.43. The van der Waals surface area contributed by atoms with E-state index in [1.54, 1.807) is 0 Å². The average molecular weight is 258 g/mol. The maximum atomic E-state index is 3.69. The molecule has 0 amide bonds. The van der Waals surface area contributed by atoms with Crippen LogP contribution in [0, 0.1) is 5.92 Å². The second-order valence-corrected chi connectivity index (χ2v) is 6.32. The van der Waals surface area contributed by atoms with Gasteiger partial charge in [-0.3, -0.25) is 0 Å². The number of nitrogens with zero attached hydrogens (tertiary/aromatic N) is 1. The molecule has 1 aromatic carbocycles. The molecular weight excluding hydrogens is 232 g/mol. The minimum absolute atomic E-state index is 0.678. The first-order chi connectivity index (χ1) is 9.33. The van der Waals surface area contributed by atoms with Crippen molar-refractivity contribution in [1.29, 1.82) is 0 Å². The van der Waals surface area contributed by atoms with Crippen molar-refractivity contribution >= 4 is 0 Å². The van der Waals surface area contributed by atoms with Crippen molar-refractivity contribution in [3.8, 4) is 0 Å². The molecule has 0 bridgehead atoms. The number of likely N-dealkylation sites (tertiary alicyclic amines) is 1. The van der Waals surface area contributed by atoms with Crippen molar-refractivity contribution in [3.63, 3.8) is 0 Å². The van der Waals surface area contributed by atoms with E-state index in [1.165, 1.54) is 51.0 Å². The fraction of sp³-hybridized carbons (Fsp3) is 0.647. The van der Waals surface area contributed by atoms with Gasteiger partial charge in [-0.05, 0) is 49.8 Å². The lowest BCUT2D eigenvalue weighted by Crippen LogP contribution is -2.40. The zero-order valence-electron chi connectivity index (χ0n) is 12.0. The first-order valence-corrected chi connectivity index (χ1v) is 7.83. The predicted octanol–water partition coefficient (Wildman–Crippen LogP) is 2.86. The molecule has 2 heteroatoms. The Morgan fingerprint density at radius 3 is 2.89 bits per heavy atom. The monoisotopic (exact) mass is 258 g/mol. The smallest absolute Gasteiger partial charge is 0.0235 e. The Morgan fingerprint density at radius 1 is 1.26 bits per heavy atom. The molecule has 3 unspecified atom stereocenters. The summed E-state index contributed by atoms with van der Waals surface area (Å²) in [6, 6.07) is 11.7. The van der Waals surface area contributed by atoms with Crippen LogP contribution >= 0.6 is 0 Å². The minimum Gasteiger partial charge on any atom is -0.312 e. The van der Waals surface area contributed by atoms with Gasteiger partial charge in [-0.25, -0.2) is 0 Å². The molecule has 2 aliphatic rings. The van der Waals surface area contributed by atoms with E-state index in [1.807, 2.05) is 0 Å². The molecule has 104 valence electrons. The van der Waals surface area contributed by atoms with Crippen LogP contribution in [-0.2, 0) is 0 Å². The highest BCUT2D eigenvalue weighted by molar-refractivity contribution is 5.18. The summed E-state index contributed by atoms with van der Waals surface area (Å²) >= 11 is 0. The molecule has 2 nitrogen and oxygen atoms in total. The molecule has 2 saturated heterocycles. The van der Waals surface area contributed by atoms with Crippen LogP contribution in [-0.4, -0.2) is 37.1 Å².